The van der Waals surface area contributed by atoms with Crippen molar-refractivity contribution in [1.29, 1.82) is 0 Å². The second-order valence-electron chi connectivity index (χ2n) is 7.14. The number of amides is 2. The molecule has 0 spiro atoms. The van der Waals surface area contributed by atoms with Gasteiger partial charge in [0.05, 0.1) is 11.9 Å². The molecule has 4 rings (SSSR count). The summed E-state index contributed by atoms with van der Waals surface area (Å²) in [7, 11) is 0. The molecule has 1 saturated heterocycles. The third-order valence-corrected chi connectivity index (χ3v) is 5.18. The van der Waals surface area contributed by atoms with Crippen LogP contribution in [0.3, 0.4) is 0 Å². The fourth-order valence-corrected chi connectivity index (χ4v) is 3.48. The van der Waals surface area contributed by atoms with Gasteiger partial charge in [-0.3, -0.25) is 9.88 Å². The minimum Gasteiger partial charge on any atom is -0.457 e. The van der Waals surface area contributed by atoms with Gasteiger partial charge in [-0.25, -0.2) is 4.79 Å². The van der Waals surface area contributed by atoms with E-state index in [1.807, 2.05) is 47.4 Å². The van der Waals surface area contributed by atoms with Crippen molar-refractivity contribution in [3.63, 3.8) is 0 Å². The van der Waals surface area contributed by atoms with E-state index in [9.17, 15) is 4.79 Å². The number of rotatable bonds is 5. The number of benzene rings is 2. The number of urea groups is 1. The number of hydrogen-bond donors (Lipinski definition) is 1. The summed E-state index contributed by atoms with van der Waals surface area (Å²) in [5, 5.41) is 3.58. The first-order valence-corrected chi connectivity index (χ1v) is 10.2. The lowest BCUT2D eigenvalue weighted by Crippen LogP contribution is -2.49. The largest absolute Gasteiger partial charge is 0.457 e. The number of carbonyl (C=O) groups excluding carboxylic acids is 1. The van der Waals surface area contributed by atoms with Crippen LogP contribution in [0.4, 0.5) is 10.5 Å². The normalized spacial score (nSPS) is 13.1. The zero-order chi connectivity index (χ0) is 20.8. The van der Waals surface area contributed by atoms with E-state index in [1.165, 1.54) is 5.56 Å². The predicted octanol–water partition coefficient (Wildman–Crippen LogP) is 4.90. The molecule has 0 unspecified atom stereocenters. The summed E-state index contributed by atoms with van der Waals surface area (Å²) in [6.45, 7) is 3.83. The summed E-state index contributed by atoms with van der Waals surface area (Å²) in [5.41, 5.74) is 1.89. The monoisotopic (exact) mass is 512 g/mol. The van der Waals surface area contributed by atoms with Gasteiger partial charge in [0.2, 0.25) is 0 Å². The Labute approximate surface area is 210 Å². The zero-order valence-corrected chi connectivity index (χ0v) is 20.2. The Balaban J connectivity index is 0.00000181. The van der Waals surface area contributed by atoms with Crippen LogP contribution in [-0.2, 0) is 6.54 Å². The van der Waals surface area contributed by atoms with Crippen LogP contribution in [0.25, 0.3) is 0 Å². The molecule has 0 bridgehead atoms. The van der Waals surface area contributed by atoms with Crippen LogP contribution in [0.2, 0.25) is 5.02 Å². The molecule has 2 aromatic carbocycles. The van der Waals surface area contributed by atoms with Gasteiger partial charge < -0.3 is 20.4 Å². The number of halogens is 3. The second-order valence-corrected chi connectivity index (χ2v) is 7.57. The molecule has 1 fully saturated rings. The van der Waals surface area contributed by atoms with E-state index in [0.717, 1.165) is 31.1 Å². The van der Waals surface area contributed by atoms with E-state index in [0.29, 0.717) is 23.8 Å². The van der Waals surface area contributed by atoms with E-state index < -0.39 is 0 Å². The predicted molar refractivity (Wildman–Crippen MR) is 136 cm³/mol. The van der Waals surface area contributed by atoms with Gasteiger partial charge in [0, 0.05) is 43.9 Å². The number of piperazine rings is 1. The Morgan fingerprint density at radius 1 is 0.970 bits per heavy atom. The average Bonchev–Trinajstić information content (AvgIpc) is 2.77. The van der Waals surface area contributed by atoms with E-state index >= 15 is 0 Å². The second kappa shape index (κ2) is 13.9. The number of hydrogen-bond acceptors (Lipinski definition) is 4. The maximum Gasteiger partial charge on any atom is 0.321 e. The number of nitrogens with zero attached hydrogens (tertiary/aromatic N) is 3. The number of ether oxygens (including phenoxy) is 1. The Kier molecular flexibility index (Phi) is 12.0. The Morgan fingerprint density at radius 3 is 2.36 bits per heavy atom. The number of pyridine rings is 1. The molecule has 7 nitrogen and oxygen atoms in total. The smallest absolute Gasteiger partial charge is 0.321 e. The van der Waals surface area contributed by atoms with Gasteiger partial charge in [0.1, 0.15) is 11.5 Å². The molecule has 2 heterocycles. The molecule has 3 N–H and O–H groups in total. The minimum atomic E-state index is -0.0824. The standard InChI is InChI=1S/C23H23ClN4O2.2ClH.H2O/c24-19-6-8-21(9-7-19)30-22-5-1-3-18(15-22)17-27-11-13-28(14-12-27)23(29)26-20-4-2-10-25-16-20;;;/h1-10,15-16H,11-14,17H2,(H,26,29);2*1H;1H2. The molecule has 1 aliphatic heterocycles. The molecule has 0 saturated carbocycles. The van der Waals surface area contributed by atoms with Crippen molar-refractivity contribution in [2.75, 3.05) is 31.5 Å². The molecular formula is C23H27Cl3N4O3. The SMILES string of the molecule is Cl.Cl.O.O=C(Nc1cccnc1)N1CCN(Cc2cccc(Oc3ccc(Cl)cc3)c2)CC1. The van der Waals surface area contributed by atoms with Gasteiger partial charge >= 0.3 is 6.03 Å². The van der Waals surface area contributed by atoms with Crippen LogP contribution in [0.15, 0.2) is 73.1 Å². The van der Waals surface area contributed by atoms with Gasteiger partial charge in [0.25, 0.3) is 0 Å². The fourth-order valence-electron chi connectivity index (χ4n) is 3.35. The highest BCUT2D eigenvalue weighted by atomic mass is 35.5. The number of carbonyl (C=O) groups is 1. The van der Waals surface area contributed by atoms with Crippen LogP contribution >= 0.6 is 36.4 Å². The van der Waals surface area contributed by atoms with Crippen LogP contribution in [0.5, 0.6) is 11.5 Å². The van der Waals surface area contributed by atoms with E-state index in [-0.39, 0.29) is 36.3 Å². The highest BCUT2D eigenvalue weighted by Gasteiger charge is 2.21. The molecule has 1 aromatic heterocycles. The molecule has 3 aromatic rings. The van der Waals surface area contributed by atoms with E-state index in [4.69, 9.17) is 16.3 Å². The topological polar surface area (TPSA) is 89.2 Å². The molecule has 33 heavy (non-hydrogen) atoms. The maximum absolute atomic E-state index is 12.4. The van der Waals surface area contributed by atoms with Crippen molar-refractivity contribution in [2.24, 2.45) is 0 Å². The first-order valence-electron chi connectivity index (χ1n) is 9.86. The third kappa shape index (κ3) is 8.38. The Hall–Kier alpha value is -2.55. The molecule has 0 radical (unpaired) electrons. The molecule has 1 aliphatic rings. The zero-order valence-electron chi connectivity index (χ0n) is 17.8. The molecule has 2 amide bonds. The quantitative estimate of drug-likeness (QED) is 0.526. The maximum atomic E-state index is 12.4. The average molecular weight is 514 g/mol. The van der Waals surface area contributed by atoms with Gasteiger partial charge in [-0.2, -0.15) is 0 Å². The number of aromatic nitrogens is 1. The molecule has 178 valence electrons. The first-order chi connectivity index (χ1) is 14.7. The first kappa shape index (κ1) is 28.5. The number of anilines is 1. The molecule has 10 heteroatoms. The van der Waals surface area contributed by atoms with Crippen LogP contribution in [0.1, 0.15) is 5.56 Å². The van der Waals surface area contributed by atoms with Gasteiger partial charge in [-0.15, -0.1) is 24.8 Å². The lowest BCUT2D eigenvalue weighted by molar-refractivity contribution is 0.143. The van der Waals surface area contributed by atoms with Crippen molar-refractivity contribution in [1.82, 2.24) is 14.8 Å². The minimum absolute atomic E-state index is 0. The molecule has 0 atom stereocenters. The third-order valence-electron chi connectivity index (χ3n) is 4.93. The summed E-state index contributed by atoms with van der Waals surface area (Å²) in [6, 6.07) is 19.0. The van der Waals surface area contributed by atoms with Crippen molar-refractivity contribution >= 4 is 48.1 Å². The van der Waals surface area contributed by atoms with Gasteiger partial charge in [-0.05, 0) is 54.1 Å². The summed E-state index contributed by atoms with van der Waals surface area (Å²) >= 11 is 5.93. The highest BCUT2D eigenvalue weighted by Crippen LogP contribution is 2.24. The lowest BCUT2D eigenvalue weighted by Gasteiger charge is -2.34. The van der Waals surface area contributed by atoms with Crippen LogP contribution in [0, 0.1) is 0 Å². The van der Waals surface area contributed by atoms with Crippen LogP contribution < -0.4 is 10.1 Å². The van der Waals surface area contributed by atoms with E-state index in [2.05, 4.69) is 27.3 Å². The summed E-state index contributed by atoms with van der Waals surface area (Å²) < 4.78 is 5.92. The summed E-state index contributed by atoms with van der Waals surface area (Å²) in [5.74, 6) is 1.55. The van der Waals surface area contributed by atoms with Crippen molar-refractivity contribution in [2.45, 2.75) is 6.54 Å². The Morgan fingerprint density at radius 2 is 1.70 bits per heavy atom. The lowest BCUT2D eigenvalue weighted by atomic mass is 10.2. The number of nitrogens with one attached hydrogen (secondary N) is 1. The highest BCUT2D eigenvalue weighted by molar-refractivity contribution is 6.30. The van der Waals surface area contributed by atoms with Crippen molar-refractivity contribution in [3.8, 4) is 11.5 Å². The Bertz CT molecular complexity index is 986. The van der Waals surface area contributed by atoms with Crippen LogP contribution in [-0.4, -0.2) is 52.5 Å². The molecular weight excluding hydrogens is 487 g/mol. The van der Waals surface area contributed by atoms with Gasteiger partial charge in [-0.1, -0.05) is 23.7 Å². The fraction of sp³-hybridized carbons (Fsp3) is 0.217. The van der Waals surface area contributed by atoms with Crippen molar-refractivity contribution in [3.05, 3.63) is 83.6 Å². The van der Waals surface area contributed by atoms with Crippen molar-refractivity contribution < 1.29 is 15.0 Å². The van der Waals surface area contributed by atoms with E-state index in [1.54, 1.807) is 18.5 Å². The summed E-state index contributed by atoms with van der Waals surface area (Å²) in [4.78, 5) is 20.6. The molecule has 0 aliphatic carbocycles. The summed E-state index contributed by atoms with van der Waals surface area (Å²) in [6.07, 6.45) is 3.33. The van der Waals surface area contributed by atoms with Gasteiger partial charge in [0.15, 0.2) is 0 Å².